The fourth-order valence-electron chi connectivity index (χ4n) is 0.950. The average molecular weight is 210 g/mol. The fraction of sp³-hybridized carbons (Fsp3) is 1.00. The summed E-state index contributed by atoms with van der Waals surface area (Å²) in [5.41, 5.74) is 0. The lowest BCUT2D eigenvalue weighted by Crippen LogP contribution is -2.28. The second-order valence-corrected chi connectivity index (χ2v) is 2.92. The van der Waals surface area contributed by atoms with Crippen molar-refractivity contribution in [2.75, 3.05) is 39.4 Å². The monoisotopic (exact) mass is 210 g/mol. The molecular weight excluding hydrogens is 190 g/mol. The molecule has 2 N–H and O–H groups in total. The molecule has 0 aromatic carbocycles. The number of hydrogen-bond acceptors (Lipinski definition) is 3. The molecule has 0 unspecified atom stereocenters. The number of halogens is 2. The average Bonchev–Trinajstić information content (AvgIpc) is 2.15. The molecule has 0 saturated carbocycles. The van der Waals surface area contributed by atoms with Crippen LogP contribution in [0.4, 0.5) is 8.78 Å². The maximum Gasteiger partial charge on any atom is 0.261 e. The second-order valence-electron chi connectivity index (χ2n) is 2.92. The molecule has 0 aliphatic heterocycles. The highest BCUT2D eigenvalue weighted by Crippen LogP contribution is 1.92. The summed E-state index contributed by atoms with van der Waals surface area (Å²) in [5, 5.41) is 6.35. The summed E-state index contributed by atoms with van der Waals surface area (Å²) in [4.78, 5) is 0. The molecule has 0 radical (unpaired) electrons. The Balaban J connectivity index is 2.85. The largest absolute Gasteiger partial charge is 0.375 e. The second kappa shape index (κ2) is 10.8. The van der Waals surface area contributed by atoms with E-state index in [1.165, 1.54) is 0 Å². The molecular formula is C9H20F2N2O. The van der Waals surface area contributed by atoms with Crippen molar-refractivity contribution in [1.29, 1.82) is 0 Å². The molecule has 0 aromatic rings. The van der Waals surface area contributed by atoms with Crippen molar-refractivity contribution in [3.63, 3.8) is 0 Å². The van der Waals surface area contributed by atoms with Gasteiger partial charge in [-0.3, -0.25) is 0 Å². The van der Waals surface area contributed by atoms with Crippen LogP contribution in [0.2, 0.25) is 0 Å². The van der Waals surface area contributed by atoms with E-state index >= 15 is 0 Å². The normalized spacial score (nSPS) is 11.1. The van der Waals surface area contributed by atoms with E-state index in [4.69, 9.17) is 4.74 Å². The van der Waals surface area contributed by atoms with Crippen LogP contribution in [-0.2, 0) is 4.74 Å². The summed E-state index contributed by atoms with van der Waals surface area (Å²) < 4.78 is 27.9. The fourth-order valence-corrected chi connectivity index (χ4v) is 0.950. The molecule has 0 aliphatic rings. The number of alkyl halides is 2. The Morgan fingerprint density at radius 2 is 1.86 bits per heavy atom. The van der Waals surface area contributed by atoms with Crippen LogP contribution in [0, 0.1) is 0 Å². The molecule has 0 spiro atoms. The zero-order valence-corrected chi connectivity index (χ0v) is 8.69. The predicted molar refractivity (Wildman–Crippen MR) is 52.9 cm³/mol. The van der Waals surface area contributed by atoms with Crippen molar-refractivity contribution < 1.29 is 13.5 Å². The van der Waals surface area contributed by atoms with E-state index in [1.54, 1.807) is 0 Å². The summed E-state index contributed by atoms with van der Waals surface area (Å²) in [6.45, 7) is 5.64. The van der Waals surface area contributed by atoms with Gasteiger partial charge < -0.3 is 15.4 Å². The molecule has 0 aromatic heterocycles. The molecule has 0 bridgehead atoms. The van der Waals surface area contributed by atoms with Gasteiger partial charge in [-0.2, -0.15) is 0 Å². The lowest BCUT2D eigenvalue weighted by Gasteiger charge is -2.05. The number of nitrogens with one attached hydrogen (secondary N) is 2. The van der Waals surface area contributed by atoms with E-state index < -0.39 is 13.0 Å². The van der Waals surface area contributed by atoms with Gasteiger partial charge in [0.1, 0.15) is 6.61 Å². The molecule has 5 heteroatoms. The van der Waals surface area contributed by atoms with Crippen molar-refractivity contribution in [1.82, 2.24) is 10.6 Å². The predicted octanol–water partition coefficient (Wildman–Crippen LogP) is 0.857. The Bertz CT molecular complexity index is 115. The van der Waals surface area contributed by atoms with Gasteiger partial charge in [-0.1, -0.05) is 6.92 Å². The molecule has 0 amide bonds. The standard InChI is InChI=1S/C9H20F2N2O/c1-2-12-5-6-13-4-3-7-14-8-9(10)11/h9,12-13H,2-8H2,1H3. The van der Waals surface area contributed by atoms with Gasteiger partial charge in [-0.05, 0) is 19.5 Å². The molecule has 0 rings (SSSR count). The van der Waals surface area contributed by atoms with Crippen LogP contribution in [0.5, 0.6) is 0 Å². The highest BCUT2D eigenvalue weighted by atomic mass is 19.3. The van der Waals surface area contributed by atoms with Gasteiger partial charge in [0.15, 0.2) is 0 Å². The van der Waals surface area contributed by atoms with Crippen molar-refractivity contribution >= 4 is 0 Å². The number of hydrogen-bond donors (Lipinski definition) is 2. The quantitative estimate of drug-likeness (QED) is 0.525. The van der Waals surface area contributed by atoms with Gasteiger partial charge in [0.2, 0.25) is 0 Å². The lowest BCUT2D eigenvalue weighted by atomic mass is 10.4. The Kier molecular flexibility index (Phi) is 10.6. The van der Waals surface area contributed by atoms with Gasteiger partial charge in [0, 0.05) is 19.7 Å². The summed E-state index contributed by atoms with van der Waals surface area (Å²) in [5.74, 6) is 0. The molecule has 86 valence electrons. The maximum absolute atomic E-state index is 11.6. The van der Waals surface area contributed by atoms with E-state index in [2.05, 4.69) is 17.6 Å². The van der Waals surface area contributed by atoms with E-state index in [1.807, 2.05) is 0 Å². The van der Waals surface area contributed by atoms with Crippen molar-refractivity contribution in [2.24, 2.45) is 0 Å². The third-order valence-corrected chi connectivity index (χ3v) is 1.61. The molecule has 14 heavy (non-hydrogen) atoms. The Hall–Kier alpha value is -0.260. The minimum Gasteiger partial charge on any atom is -0.375 e. The first kappa shape index (κ1) is 13.7. The Morgan fingerprint density at radius 3 is 2.50 bits per heavy atom. The first-order valence-electron chi connectivity index (χ1n) is 5.04. The summed E-state index contributed by atoms with van der Waals surface area (Å²) in [7, 11) is 0. The first-order chi connectivity index (χ1) is 6.77. The highest BCUT2D eigenvalue weighted by molar-refractivity contribution is 4.50. The number of ether oxygens (including phenoxy) is 1. The molecule has 3 nitrogen and oxygen atoms in total. The van der Waals surface area contributed by atoms with Gasteiger partial charge in [-0.25, -0.2) is 8.78 Å². The first-order valence-corrected chi connectivity index (χ1v) is 5.04. The number of rotatable bonds is 10. The van der Waals surface area contributed by atoms with E-state index in [-0.39, 0.29) is 0 Å². The van der Waals surface area contributed by atoms with Gasteiger partial charge in [-0.15, -0.1) is 0 Å². The van der Waals surface area contributed by atoms with Crippen LogP contribution in [0.1, 0.15) is 13.3 Å². The van der Waals surface area contributed by atoms with Crippen LogP contribution in [-0.4, -0.2) is 45.8 Å². The molecule has 0 fully saturated rings. The van der Waals surface area contributed by atoms with Gasteiger partial charge in [0.25, 0.3) is 6.43 Å². The zero-order chi connectivity index (χ0) is 10.6. The zero-order valence-electron chi connectivity index (χ0n) is 8.69. The lowest BCUT2D eigenvalue weighted by molar-refractivity contribution is 0.0168. The Morgan fingerprint density at radius 1 is 1.14 bits per heavy atom. The van der Waals surface area contributed by atoms with Crippen molar-refractivity contribution in [2.45, 2.75) is 19.8 Å². The molecule has 0 aliphatic carbocycles. The van der Waals surface area contributed by atoms with Crippen LogP contribution < -0.4 is 10.6 Å². The SMILES string of the molecule is CCNCCNCCCOCC(F)F. The van der Waals surface area contributed by atoms with Gasteiger partial charge in [0.05, 0.1) is 0 Å². The summed E-state index contributed by atoms with van der Waals surface area (Å²) >= 11 is 0. The van der Waals surface area contributed by atoms with Crippen LogP contribution in [0.25, 0.3) is 0 Å². The maximum atomic E-state index is 11.6. The third-order valence-electron chi connectivity index (χ3n) is 1.61. The minimum atomic E-state index is -2.35. The molecule has 0 heterocycles. The van der Waals surface area contributed by atoms with Crippen molar-refractivity contribution in [3.8, 4) is 0 Å². The van der Waals surface area contributed by atoms with E-state index in [9.17, 15) is 8.78 Å². The van der Waals surface area contributed by atoms with Crippen LogP contribution in [0.15, 0.2) is 0 Å². The molecule has 0 atom stereocenters. The Labute approximate surface area is 84.2 Å². The van der Waals surface area contributed by atoms with Gasteiger partial charge >= 0.3 is 0 Å². The highest BCUT2D eigenvalue weighted by Gasteiger charge is 2.00. The molecule has 0 saturated heterocycles. The smallest absolute Gasteiger partial charge is 0.261 e. The number of likely N-dealkylation sites (N-methyl/N-ethyl adjacent to an activating group) is 1. The minimum absolute atomic E-state index is 0.401. The van der Waals surface area contributed by atoms with E-state index in [0.717, 1.165) is 32.6 Å². The van der Waals surface area contributed by atoms with E-state index in [0.29, 0.717) is 6.61 Å². The topological polar surface area (TPSA) is 33.3 Å². The van der Waals surface area contributed by atoms with Crippen LogP contribution >= 0.6 is 0 Å². The van der Waals surface area contributed by atoms with Crippen LogP contribution in [0.3, 0.4) is 0 Å². The third kappa shape index (κ3) is 11.7. The summed E-state index contributed by atoms with van der Waals surface area (Å²) in [6, 6.07) is 0. The van der Waals surface area contributed by atoms with Crippen molar-refractivity contribution in [3.05, 3.63) is 0 Å². The summed E-state index contributed by atoms with van der Waals surface area (Å²) in [6.07, 6.45) is -1.57.